The minimum absolute atomic E-state index is 0.0497. The summed E-state index contributed by atoms with van der Waals surface area (Å²) in [6.45, 7) is 13.9. The zero-order chi connectivity index (χ0) is 34.4. The number of ether oxygens (including phenoxy) is 1. The molecule has 0 aliphatic rings. The molecular formula is C32H54N6O7. The fourth-order valence-corrected chi connectivity index (χ4v) is 3.69. The van der Waals surface area contributed by atoms with Crippen molar-refractivity contribution in [3.05, 3.63) is 29.8 Å². The highest BCUT2D eigenvalue weighted by atomic mass is 16.5. The second-order valence-corrected chi connectivity index (χ2v) is 11.6. The highest BCUT2D eigenvalue weighted by Crippen LogP contribution is 2.13. The lowest BCUT2D eigenvalue weighted by Gasteiger charge is -2.25. The van der Waals surface area contributed by atoms with Crippen molar-refractivity contribution in [2.75, 3.05) is 18.4 Å². The van der Waals surface area contributed by atoms with Crippen LogP contribution in [0.2, 0.25) is 0 Å². The first-order valence-electron chi connectivity index (χ1n) is 15.6. The molecule has 0 bridgehead atoms. The predicted octanol–water partition coefficient (Wildman–Crippen LogP) is 3.12. The first kappa shape index (κ1) is 40.8. The number of esters is 1. The standard InChI is InChI=1S/C28H44N6O7.C4H10/c1-5-23(36)30-15-7-6-10-24(37)34-25(18(2)3)27(39)33-22(9-8-16-31-28(29)40)26(38)32-21-13-11-20(12-14-21)17-41-19(4)35;1-4(2)3/h11-14,18,22,25H,5-10,15-17H2,1-4H3,(H,30,36)(H,32,38)(H,33,39)(H,34,37)(H3,29,31,40);4H,1-3H3/t22-,25?;/m1./s1. The van der Waals surface area contributed by atoms with E-state index in [4.69, 9.17) is 10.5 Å². The Morgan fingerprint density at radius 1 is 0.800 bits per heavy atom. The summed E-state index contributed by atoms with van der Waals surface area (Å²) in [5, 5.41) is 13.5. The number of amides is 6. The molecule has 6 amide bonds. The number of rotatable bonds is 18. The maximum atomic E-state index is 13.2. The second-order valence-electron chi connectivity index (χ2n) is 11.6. The summed E-state index contributed by atoms with van der Waals surface area (Å²) in [5.41, 5.74) is 6.32. The number of hydrogen-bond acceptors (Lipinski definition) is 7. The Morgan fingerprint density at radius 2 is 1.40 bits per heavy atom. The van der Waals surface area contributed by atoms with E-state index < -0.39 is 35.9 Å². The van der Waals surface area contributed by atoms with Gasteiger partial charge in [-0.15, -0.1) is 0 Å². The highest BCUT2D eigenvalue weighted by molar-refractivity contribution is 5.98. The molecule has 254 valence electrons. The van der Waals surface area contributed by atoms with Crippen LogP contribution >= 0.6 is 0 Å². The Kier molecular flexibility index (Phi) is 21.1. The normalized spacial score (nSPS) is 11.8. The van der Waals surface area contributed by atoms with Gasteiger partial charge >= 0.3 is 12.0 Å². The van der Waals surface area contributed by atoms with Gasteiger partial charge in [0.15, 0.2) is 0 Å². The largest absolute Gasteiger partial charge is 0.461 e. The van der Waals surface area contributed by atoms with Crippen molar-refractivity contribution in [2.24, 2.45) is 17.6 Å². The molecule has 0 aliphatic heterocycles. The minimum atomic E-state index is -0.960. The molecule has 2 atom stereocenters. The number of nitrogens with one attached hydrogen (secondary N) is 5. The van der Waals surface area contributed by atoms with Crippen LogP contribution < -0.4 is 32.3 Å². The predicted molar refractivity (Wildman–Crippen MR) is 174 cm³/mol. The van der Waals surface area contributed by atoms with Crippen molar-refractivity contribution in [3.63, 3.8) is 0 Å². The van der Waals surface area contributed by atoms with E-state index >= 15 is 0 Å². The van der Waals surface area contributed by atoms with E-state index in [0.717, 1.165) is 11.5 Å². The molecule has 0 fully saturated rings. The van der Waals surface area contributed by atoms with Crippen molar-refractivity contribution < 1.29 is 33.5 Å². The molecule has 0 heterocycles. The molecule has 1 aromatic rings. The molecule has 45 heavy (non-hydrogen) atoms. The zero-order valence-corrected chi connectivity index (χ0v) is 27.9. The number of benzene rings is 1. The number of urea groups is 1. The smallest absolute Gasteiger partial charge is 0.312 e. The molecule has 13 nitrogen and oxygen atoms in total. The quantitative estimate of drug-likeness (QED) is 0.105. The van der Waals surface area contributed by atoms with E-state index in [1.807, 2.05) is 0 Å². The van der Waals surface area contributed by atoms with Gasteiger partial charge in [0.2, 0.25) is 23.6 Å². The van der Waals surface area contributed by atoms with Crippen molar-refractivity contribution in [2.45, 2.75) is 106 Å². The van der Waals surface area contributed by atoms with Crippen LogP contribution in [0.25, 0.3) is 0 Å². The summed E-state index contributed by atoms with van der Waals surface area (Å²) in [4.78, 5) is 72.2. The third kappa shape index (κ3) is 21.2. The molecule has 0 saturated heterocycles. The molecule has 1 unspecified atom stereocenters. The van der Waals surface area contributed by atoms with Crippen molar-refractivity contribution >= 4 is 41.3 Å². The number of carbonyl (C=O) groups is 6. The van der Waals surface area contributed by atoms with E-state index in [1.54, 1.807) is 45.0 Å². The van der Waals surface area contributed by atoms with E-state index in [9.17, 15) is 28.8 Å². The van der Waals surface area contributed by atoms with Gasteiger partial charge in [0.1, 0.15) is 18.7 Å². The fraction of sp³-hybridized carbons (Fsp3) is 0.625. The van der Waals surface area contributed by atoms with Crippen LogP contribution in [-0.2, 0) is 35.3 Å². The summed E-state index contributed by atoms with van der Waals surface area (Å²) in [7, 11) is 0. The van der Waals surface area contributed by atoms with Gasteiger partial charge in [-0.1, -0.05) is 53.7 Å². The molecule has 0 aliphatic carbocycles. The van der Waals surface area contributed by atoms with E-state index in [0.29, 0.717) is 37.9 Å². The summed E-state index contributed by atoms with van der Waals surface area (Å²) in [6, 6.07) is 4.17. The second kappa shape index (κ2) is 23.3. The van der Waals surface area contributed by atoms with Crippen LogP contribution in [0.5, 0.6) is 0 Å². The Balaban J connectivity index is 0.00000454. The lowest BCUT2D eigenvalue weighted by Crippen LogP contribution is -2.54. The van der Waals surface area contributed by atoms with Gasteiger partial charge in [-0.25, -0.2) is 4.79 Å². The first-order valence-corrected chi connectivity index (χ1v) is 15.6. The number of nitrogens with two attached hydrogens (primary N) is 1. The van der Waals surface area contributed by atoms with Gasteiger partial charge in [0, 0.05) is 38.5 Å². The van der Waals surface area contributed by atoms with Crippen LogP contribution in [0.4, 0.5) is 10.5 Å². The van der Waals surface area contributed by atoms with Crippen LogP contribution in [0.15, 0.2) is 24.3 Å². The Hall–Kier alpha value is -4.16. The average molecular weight is 635 g/mol. The van der Waals surface area contributed by atoms with Gasteiger partial charge in [0.25, 0.3) is 0 Å². The first-order chi connectivity index (χ1) is 21.2. The molecular weight excluding hydrogens is 580 g/mol. The Morgan fingerprint density at radius 3 is 1.93 bits per heavy atom. The van der Waals surface area contributed by atoms with Crippen molar-refractivity contribution in [3.8, 4) is 0 Å². The maximum absolute atomic E-state index is 13.2. The topological polar surface area (TPSA) is 198 Å². The van der Waals surface area contributed by atoms with Gasteiger partial charge < -0.3 is 37.1 Å². The maximum Gasteiger partial charge on any atom is 0.312 e. The van der Waals surface area contributed by atoms with Crippen LogP contribution in [0, 0.1) is 11.8 Å². The molecule has 13 heteroatoms. The number of unbranched alkanes of at least 4 members (excludes halogenated alkanes) is 1. The SMILES string of the molecule is CC(C)C.CCC(=O)NCCCCC(=O)NC(C(=O)N[C@H](CCCNC(N)=O)C(=O)Nc1ccc(COC(C)=O)cc1)C(C)C. The number of hydrogen-bond donors (Lipinski definition) is 6. The third-order valence-electron chi connectivity index (χ3n) is 6.00. The summed E-state index contributed by atoms with van der Waals surface area (Å²) in [6.07, 6.45) is 2.31. The van der Waals surface area contributed by atoms with Crippen molar-refractivity contribution in [1.29, 1.82) is 0 Å². The zero-order valence-electron chi connectivity index (χ0n) is 27.9. The Bertz CT molecular complexity index is 1070. The summed E-state index contributed by atoms with van der Waals surface area (Å²) in [5.74, 6) is -1.17. The average Bonchev–Trinajstić information content (AvgIpc) is 2.95. The molecule has 0 aromatic heterocycles. The molecule has 0 spiro atoms. The monoisotopic (exact) mass is 634 g/mol. The summed E-state index contributed by atoms with van der Waals surface area (Å²) < 4.78 is 4.96. The molecule has 0 radical (unpaired) electrons. The lowest BCUT2D eigenvalue weighted by atomic mass is 10.0. The van der Waals surface area contributed by atoms with Crippen LogP contribution in [0.3, 0.4) is 0 Å². The van der Waals surface area contributed by atoms with E-state index in [-0.39, 0.29) is 43.7 Å². The highest BCUT2D eigenvalue weighted by Gasteiger charge is 2.28. The Labute approximate surface area is 267 Å². The molecule has 0 saturated carbocycles. The van der Waals surface area contributed by atoms with Gasteiger partial charge in [-0.2, -0.15) is 0 Å². The lowest BCUT2D eigenvalue weighted by molar-refractivity contribution is -0.142. The number of carbonyl (C=O) groups excluding carboxylic acids is 6. The van der Waals surface area contributed by atoms with Gasteiger partial charge in [-0.3, -0.25) is 24.0 Å². The van der Waals surface area contributed by atoms with Gasteiger partial charge in [0.05, 0.1) is 0 Å². The fourth-order valence-electron chi connectivity index (χ4n) is 3.69. The molecule has 7 N–H and O–H groups in total. The van der Waals surface area contributed by atoms with Crippen LogP contribution in [-0.4, -0.2) is 60.8 Å². The third-order valence-corrected chi connectivity index (χ3v) is 6.00. The number of primary amides is 1. The van der Waals surface area contributed by atoms with Crippen LogP contribution in [0.1, 0.15) is 92.6 Å². The number of anilines is 1. The van der Waals surface area contributed by atoms with E-state index in [1.165, 1.54) is 6.92 Å². The van der Waals surface area contributed by atoms with Gasteiger partial charge in [-0.05, 0) is 55.2 Å². The minimum Gasteiger partial charge on any atom is -0.461 e. The summed E-state index contributed by atoms with van der Waals surface area (Å²) >= 11 is 0. The molecule has 1 rings (SSSR count). The van der Waals surface area contributed by atoms with E-state index in [2.05, 4.69) is 47.4 Å². The van der Waals surface area contributed by atoms with Crippen molar-refractivity contribution in [1.82, 2.24) is 21.3 Å². The molecule has 1 aromatic carbocycles.